The number of halogens is 3. The van der Waals surface area contributed by atoms with Crippen molar-refractivity contribution in [2.75, 3.05) is 4.90 Å². The number of fused-ring (bicyclic) bond motifs is 1. The summed E-state index contributed by atoms with van der Waals surface area (Å²) in [5, 5.41) is 9.22. The molecule has 7 heteroatoms. The van der Waals surface area contributed by atoms with Gasteiger partial charge in [-0.2, -0.15) is 5.26 Å². The van der Waals surface area contributed by atoms with Crippen LogP contribution in [0.3, 0.4) is 0 Å². The molecule has 0 atom stereocenters. The topological polar surface area (TPSA) is 61.2 Å². The highest BCUT2D eigenvalue weighted by molar-refractivity contribution is 9.11. The number of hydrogen-bond acceptors (Lipinski definition) is 3. The van der Waals surface area contributed by atoms with E-state index < -0.39 is 17.6 Å². The van der Waals surface area contributed by atoms with Crippen LogP contribution >= 0.6 is 31.9 Å². The van der Waals surface area contributed by atoms with Crippen molar-refractivity contribution in [3.63, 3.8) is 0 Å². The van der Waals surface area contributed by atoms with Gasteiger partial charge in [-0.15, -0.1) is 0 Å². The van der Waals surface area contributed by atoms with E-state index in [1.807, 2.05) is 0 Å². The third-order valence-corrected chi connectivity index (χ3v) is 4.46. The largest absolute Gasteiger partial charge is 0.268 e. The number of rotatable bonds is 1. The molecule has 22 heavy (non-hydrogen) atoms. The molecule has 0 aromatic heterocycles. The molecule has 108 valence electrons. The van der Waals surface area contributed by atoms with Gasteiger partial charge in [0.1, 0.15) is 11.6 Å². The molecule has 0 spiro atoms. The number of imide groups is 1. The number of nitriles is 1. The number of carbonyl (C=O) groups excluding carboxylic acids is 2. The summed E-state index contributed by atoms with van der Waals surface area (Å²) in [6, 6.07) is 9.37. The molecule has 4 nitrogen and oxygen atoms in total. The smallest absolute Gasteiger partial charge is 0.266 e. The van der Waals surface area contributed by atoms with Gasteiger partial charge in [0.25, 0.3) is 11.8 Å². The Morgan fingerprint density at radius 2 is 1.59 bits per heavy atom. The third-order valence-electron chi connectivity index (χ3n) is 3.28. The molecule has 0 saturated heterocycles. The molecule has 1 heterocycles. The van der Waals surface area contributed by atoms with E-state index in [4.69, 9.17) is 0 Å². The van der Waals surface area contributed by atoms with Crippen LogP contribution in [0.2, 0.25) is 0 Å². The Kier molecular flexibility index (Phi) is 3.59. The fourth-order valence-electron chi connectivity index (χ4n) is 2.30. The molecule has 0 unspecified atom stereocenters. The first-order valence-electron chi connectivity index (χ1n) is 6.02. The van der Waals surface area contributed by atoms with Gasteiger partial charge in [-0.1, -0.05) is 12.1 Å². The maximum atomic E-state index is 14.1. The minimum atomic E-state index is -0.822. The van der Waals surface area contributed by atoms with Crippen molar-refractivity contribution in [2.24, 2.45) is 0 Å². The van der Waals surface area contributed by atoms with Crippen LogP contribution in [0.4, 0.5) is 10.1 Å². The summed E-state index contributed by atoms with van der Waals surface area (Å²) >= 11 is 6.18. The van der Waals surface area contributed by atoms with Gasteiger partial charge in [-0.05, 0) is 50.1 Å². The van der Waals surface area contributed by atoms with Crippen molar-refractivity contribution < 1.29 is 14.0 Å². The summed E-state index contributed by atoms with van der Waals surface area (Å²) in [5.41, 5.74) is -0.0108. The molecule has 0 N–H and O–H groups in total. The highest BCUT2D eigenvalue weighted by Gasteiger charge is 2.39. The van der Waals surface area contributed by atoms with E-state index in [9.17, 15) is 19.2 Å². The van der Waals surface area contributed by atoms with E-state index in [2.05, 4.69) is 31.9 Å². The summed E-state index contributed by atoms with van der Waals surface area (Å²) in [6.45, 7) is 0. The third kappa shape index (κ3) is 1.99. The van der Waals surface area contributed by atoms with Gasteiger partial charge in [0.2, 0.25) is 0 Å². The monoisotopic (exact) mass is 422 g/mol. The predicted molar refractivity (Wildman–Crippen MR) is 84.1 cm³/mol. The molecule has 2 amide bonds. The van der Waals surface area contributed by atoms with Gasteiger partial charge in [-0.3, -0.25) is 9.59 Å². The molecular weight excluding hydrogens is 419 g/mol. The van der Waals surface area contributed by atoms with Crippen molar-refractivity contribution in [1.82, 2.24) is 0 Å². The Bertz CT molecular complexity index is 855. The van der Waals surface area contributed by atoms with Crippen LogP contribution in [-0.2, 0) is 0 Å². The Morgan fingerprint density at radius 1 is 1.05 bits per heavy atom. The molecule has 0 bridgehead atoms. The van der Waals surface area contributed by atoms with Crippen LogP contribution in [0, 0.1) is 17.1 Å². The SMILES string of the molecule is N#Cc1c(F)c(Br)cc(Br)c1N1C(=O)c2ccccc2C1=O. The first kappa shape index (κ1) is 14.9. The van der Waals surface area contributed by atoms with E-state index in [1.54, 1.807) is 18.2 Å². The van der Waals surface area contributed by atoms with Crippen molar-refractivity contribution in [1.29, 1.82) is 5.26 Å². The first-order valence-corrected chi connectivity index (χ1v) is 7.61. The van der Waals surface area contributed by atoms with E-state index in [0.29, 0.717) is 0 Å². The van der Waals surface area contributed by atoms with Gasteiger partial charge in [0, 0.05) is 4.47 Å². The molecule has 2 aromatic carbocycles. The number of hydrogen-bond donors (Lipinski definition) is 0. The van der Waals surface area contributed by atoms with Gasteiger partial charge in [0.15, 0.2) is 5.82 Å². The maximum Gasteiger partial charge on any atom is 0.266 e. The second-order valence-electron chi connectivity index (χ2n) is 4.48. The lowest BCUT2D eigenvalue weighted by Gasteiger charge is -2.18. The van der Waals surface area contributed by atoms with Crippen molar-refractivity contribution in [3.8, 4) is 6.07 Å². The Labute approximate surface area is 141 Å². The standard InChI is InChI=1S/C15H5Br2FN2O2/c16-10-5-11(17)13(9(6-19)12(10)18)20-14(21)7-3-1-2-4-8(7)15(20)22/h1-5H. The zero-order chi connectivity index (χ0) is 16.0. The summed E-state index contributed by atoms with van der Waals surface area (Å²) in [6.07, 6.45) is 0. The molecule has 0 radical (unpaired) electrons. The average molecular weight is 424 g/mol. The van der Waals surface area contributed by atoms with Crippen LogP contribution in [-0.4, -0.2) is 11.8 Å². The molecule has 0 saturated carbocycles. The maximum absolute atomic E-state index is 14.1. The van der Waals surface area contributed by atoms with Crippen molar-refractivity contribution >= 4 is 49.4 Å². The van der Waals surface area contributed by atoms with Crippen LogP contribution in [0.1, 0.15) is 26.3 Å². The van der Waals surface area contributed by atoms with E-state index in [-0.39, 0.29) is 31.3 Å². The van der Waals surface area contributed by atoms with Crippen molar-refractivity contribution in [2.45, 2.75) is 0 Å². The Balaban J connectivity index is 2.28. The van der Waals surface area contributed by atoms with Crippen LogP contribution in [0.15, 0.2) is 39.3 Å². The van der Waals surface area contributed by atoms with Gasteiger partial charge in [0.05, 0.1) is 21.3 Å². The minimum Gasteiger partial charge on any atom is -0.268 e. The molecule has 3 rings (SSSR count). The number of carbonyl (C=O) groups is 2. The minimum absolute atomic E-state index is 0.0660. The normalized spacial score (nSPS) is 13.3. The average Bonchev–Trinajstić information content (AvgIpc) is 2.75. The van der Waals surface area contributed by atoms with Crippen LogP contribution < -0.4 is 4.90 Å². The summed E-state index contributed by atoms with van der Waals surface area (Å²) in [4.78, 5) is 25.8. The number of anilines is 1. The van der Waals surface area contributed by atoms with Gasteiger partial charge < -0.3 is 0 Å². The number of amides is 2. The zero-order valence-corrected chi connectivity index (χ0v) is 13.9. The summed E-state index contributed by atoms with van der Waals surface area (Å²) in [5.74, 6) is -1.99. The highest BCUT2D eigenvalue weighted by atomic mass is 79.9. The molecule has 1 aliphatic rings. The zero-order valence-electron chi connectivity index (χ0n) is 10.7. The Hall–Kier alpha value is -2.04. The quantitative estimate of drug-likeness (QED) is 0.514. The second-order valence-corrected chi connectivity index (χ2v) is 6.19. The second kappa shape index (κ2) is 5.30. The molecule has 0 aliphatic carbocycles. The molecular formula is C15H5Br2FN2O2. The van der Waals surface area contributed by atoms with E-state index in [0.717, 1.165) is 4.90 Å². The lowest BCUT2D eigenvalue weighted by molar-refractivity contribution is 0.0926. The molecule has 2 aromatic rings. The first-order chi connectivity index (χ1) is 10.5. The lowest BCUT2D eigenvalue weighted by Crippen LogP contribution is -2.30. The van der Waals surface area contributed by atoms with E-state index >= 15 is 0 Å². The highest BCUT2D eigenvalue weighted by Crippen LogP contribution is 2.39. The van der Waals surface area contributed by atoms with E-state index in [1.165, 1.54) is 18.2 Å². The number of nitrogens with zero attached hydrogens (tertiary/aromatic N) is 2. The van der Waals surface area contributed by atoms with Gasteiger partial charge >= 0.3 is 0 Å². The molecule has 1 aliphatic heterocycles. The summed E-state index contributed by atoms with van der Waals surface area (Å²) in [7, 11) is 0. The lowest BCUT2D eigenvalue weighted by atomic mass is 10.1. The predicted octanol–water partition coefficient (Wildman–Crippen LogP) is 4.02. The number of benzene rings is 2. The fraction of sp³-hybridized carbons (Fsp3) is 0. The van der Waals surface area contributed by atoms with Gasteiger partial charge in [-0.25, -0.2) is 9.29 Å². The van der Waals surface area contributed by atoms with Crippen LogP contribution in [0.25, 0.3) is 0 Å². The van der Waals surface area contributed by atoms with Crippen molar-refractivity contribution in [3.05, 3.63) is 61.8 Å². The Morgan fingerprint density at radius 3 is 2.09 bits per heavy atom. The molecule has 0 fully saturated rings. The fourth-order valence-corrected chi connectivity index (χ4v) is 3.64. The van der Waals surface area contributed by atoms with Crippen LogP contribution in [0.5, 0.6) is 0 Å². The summed E-state index contributed by atoms with van der Waals surface area (Å²) < 4.78 is 14.5.